The lowest BCUT2D eigenvalue weighted by Crippen LogP contribution is -2.33. The fourth-order valence-electron chi connectivity index (χ4n) is 0.522. The second-order valence-corrected chi connectivity index (χ2v) is 2.42. The molecule has 0 aliphatic rings. The molecule has 0 saturated carbocycles. The van der Waals surface area contributed by atoms with Gasteiger partial charge in [0.15, 0.2) is 0 Å². The zero-order valence-corrected chi connectivity index (χ0v) is 6.76. The molecule has 0 spiro atoms. The fraction of sp³-hybridized carbons (Fsp3) is 0.714. The van der Waals surface area contributed by atoms with E-state index in [1.54, 1.807) is 6.92 Å². The summed E-state index contributed by atoms with van der Waals surface area (Å²) in [6.07, 6.45) is 0.728. The fourth-order valence-corrected chi connectivity index (χ4v) is 0.522. The highest BCUT2D eigenvalue weighted by Crippen LogP contribution is 1.98. The van der Waals surface area contributed by atoms with Gasteiger partial charge in [0.1, 0.15) is 6.54 Å². The molecule has 0 radical (unpaired) electrons. The van der Waals surface area contributed by atoms with Crippen LogP contribution in [0.15, 0.2) is 0 Å². The summed E-state index contributed by atoms with van der Waals surface area (Å²) in [5, 5.41) is 10.5. The number of carbonyl (C=O) groups excluding carboxylic acids is 1. The first-order valence-electron chi connectivity index (χ1n) is 3.57. The Labute approximate surface area is 65.6 Å². The molecule has 0 aromatic rings. The van der Waals surface area contributed by atoms with Crippen LogP contribution in [0.2, 0.25) is 0 Å². The van der Waals surface area contributed by atoms with E-state index in [1.165, 1.54) is 0 Å². The maximum Gasteiger partial charge on any atom is 0.322 e. The first-order chi connectivity index (χ1) is 5.07. The largest absolute Gasteiger partial charge is 0.480 e. The average molecular weight is 159 g/mol. The number of nitrogens with one attached hydrogen (secondary N) is 1. The molecule has 0 bridgehead atoms. The van der Waals surface area contributed by atoms with Crippen molar-refractivity contribution in [3.8, 4) is 0 Å². The molecule has 0 unspecified atom stereocenters. The summed E-state index contributed by atoms with van der Waals surface area (Å²) in [6.45, 7) is 3.35. The molecule has 2 N–H and O–H groups in total. The van der Waals surface area contributed by atoms with Gasteiger partial charge in [0.2, 0.25) is 5.91 Å². The van der Waals surface area contributed by atoms with Gasteiger partial charge in [0.25, 0.3) is 0 Å². The summed E-state index contributed by atoms with van der Waals surface area (Å²) >= 11 is 0. The molecule has 0 saturated heterocycles. The number of rotatable bonds is 4. The lowest BCUT2D eigenvalue weighted by atomic mass is 10.1. The quantitative estimate of drug-likeness (QED) is 0.617. The average Bonchev–Trinajstić information content (AvgIpc) is 1.98. The van der Waals surface area contributed by atoms with Crippen LogP contribution in [0.3, 0.4) is 0 Å². The molecule has 0 rings (SSSR count). The van der Waals surface area contributed by atoms with Gasteiger partial charge in [-0.3, -0.25) is 9.59 Å². The third-order valence-electron chi connectivity index (χ3n) is 1.47. The number of hydrogen-bond donors (Lipinski definition) is 2. The van der Waals surface area contributed by atoms with Gasteiger partial charge >= 0.3 is 5.97 Å². The minimum Gasteiger partial charge on any atom is -0.480 e. The summed E-state index contributed by atoms with van der Waals surface area (Å²) in [7, 11) is 0. The van der Waals surface area contributed by atoms with Crippen molar-refractivity contribution in [2.45, 2.75) is 20.3 Å². The van der Waals surface area contributed by atoms with Gasteiger partial charge in [-0.25, -0.2) is 0 Å². The highest BCUT2D eigenvalue weighted by atomic mass is 16.4. The van der Waals surface area contributed by atoms with Gasteiger partial charge in [-0.05, 0) is 6.42 Å². The van der Waals surface area contributed by atoms with Crippen molar-refractivity contribution in [2.75, 3.05) is 6.54 Å². The molecule has 64 valence electrons. The van der Waals surface area contributed by atoms with Crippen LogP contribution in [0, 0.1) is 5.92 Å². The van der Waals surface area contributed by atoms with Gasteiger partial charge in [-0.15, -0.1) is 0 Å². The van der Waals surface area contributed by atoms with E-state index in [1.807, 2.05) is 6.92 Å². The lowest BCUT2D eigenvalue weighted by Gasteiger charge is -2.06. The van der Waals surface area contributed by atoms with E-state index in [0.29, 0.717) is 0 Å². The standard InChI is InChI=1S/C7H13NO3/c1-3-5(2)7(11)8-4-6(9)10/h5H,3-4H2,1-2H3,(H,8,11)(H,9,10)/t5-/m0/s1. The summed E-state index contributed by atoms with van der Waals surface area (Å²) < 4.78 is 0. The van der Waals surface area contributed by atoms with Crippen LogP contribution in [0.4, 0.5) is 0 Å². The number of hydrogen-bond acceptors (Lipinski definition) is 2. The minimum absolute atomic E-state index is 0.102. The van der Waals surface area contributed by atoms with Crippen molar-refractivity contribution in [1.29, 1.82) is 0 Å². The van der Waals surface area contributed by atoms with Crippen molar-refractivity contribution < 1.29 is 14.7 Å². The first-order valence-corrected chi connectivity index (χ1v) is 3.57. The van der Waals surface area contributed by atoms with Crippen molar-refractivity contribution in [3.05, 3.63) is 0 Å². The smallest absolute Gasteiger partial charge is 0.322 e. The third kappa shape index (κ3) is 4.36. The van der Waals surface area contributed by atoms with E-state index in [4.69, 9.17) is 5.11 Å². The Hall–Kier alpha value is -1.06. The molecule has 4 heteroatoms. The molecule has 0 aromatic carbocycles. The number of carboxylic acid groups (broad SMARTS) is 1. The van der Waals surface area contributed by atoms with E-state index < -0.39 is 5.97 Å². The van der Waals surface area contributed by atoms with Crippen LogP contribution in [-0.2, 0) is 9.59 Å². The first kappa shape index (κ1) is 9.94. The molecule has 0 aromatic heterocycles. The third-order valence-corrected chi connectivity index (χ3v) is 1.47. The van der Waals surface area contributed by atoms with Gasteiger partial charge in [-0.1, -0.05) is 13.8 Å². The normalized spacial score (nSPS) is 12.2. The molecular formula is C7H13NO3. The van der Waals surface area contributed by atoms with Crippen LogP contribution < -0.4 is 5.32 Å². The Bertz CT molecular complexity index is 156. The number of carboxylic acids is 1. The van der Waals surface area contributed by atoms with Gasteiger partial charge in [0, 0.05) is 5.92 Å². The predicted molar refractivity (Wildman–Crippen MR) is 40.1 cm³/mol. The monoisotopic (exact) mass is 159 g/mol. The van der Waals surface area contributed by atoms with E-state index >= 15 is 0 Å². The molecular weight excluding hydrogens is 146 g/mol. The van der Waals surface area contributed by atoms with Crippen LogP contribution in [0.5, 0.6) is 0 Å². The SMILES string of the molecule is CC[C@H](C)C(=O)NCC(=O)O. The molecule has 0 fully saturated rings. The Kier molecular flexibility index (Phi) is 4.26. The van der Waals surface area contributed by atoms with Crippen LogP contribution in [0.1, 0.15) is 20.3 Å². The van der Waals surface area contributed by atoms with Crippen LogP contribution in [0.25, 0.3) is 0 Å². The molecule has 11 heavy (non-hydrogen) atoms. The number of aliphatic carboxylic acids is 1. The molecule has 0 aliphatic heterocycles. The summed E-state index contributed by atoms with van der Waals surface area (Å²) in [6, 6.07) is 0. The summed E-state index contributed by atoms with van der Waals surface area (Å²) in [4.78, 5) is 20.9. The maximum absolute atomic E-state index is 10.9. The van der Waals surface area contributed by atoms with Crippen LogP contribution >= 0.6 is 0 Å². The van der Waals surface area contributed by atoms with Crippen molar-refractivity contribution >= 4 is 11.9 Å². The van der Waals surface area contributed by atoms with Gasteiger partial charge in [0.05, 0.1) is 0 Å². The number of carbonyl (C=O) groups is 2. The zero-order valence-electron chi connectivity index (χ0n) is 6.76. The van der Waals surface area contributed by atoms with Crippen LogP contribution in [-0.4, -0.2) is 23.5 Å². The Morgan fingerprint density at radius 3 is 2.45 bits per heavy atom. The van der Waals surface area contributed by atoms with Gasteiger partial charge in [-0.2, -0.15) is 0 Å². The van der Waals surface area contributed by atoms with E-state index in [-0.39, 0.29) is 18.4 Å². The lowest BCUT2D eigenvalue weighted by molar-refractivity contribution is -0.138. The molecule has 0 heterocycles. The second-order valence-electron chi connectivity index (χ2n) is 2.42. The molecule has 1 atom stereocenters. The van der Waals surface area contributed by atoms with E-state index in [9.17, 15) is 9.59 Å². The van der Waals surface area contributed by atoms with Crippen molar-refractivity contribution in [3.63, 3.8) is 0 Å². The summed E-state index contributed by atoms with van der Waals surface area (Å²) in [5.74, 6) is -1.31. The van der Waals surface area contributed by atoms with Crippen molar-refractivity contribution in [2.24, 2.45) is 5.92 Å². The second kappa shape index (κ2) is 4.71. The highest BCUT2D eigenvalue weighted by Gasteiger charge is 2.10. The van der Waals surface area contributed by atoms with Crippen molar-refractivity contribution in [1.82, 2.24) is 5.32 Å². The topological polar surface area (TPSA) is 66.4 Å². The maximum atomic E-state index is 10.9. The van der Waals surface area contributed by atoms with E-state index in [0.717, 1.165) is 6.42 Å². The molecule has 1 amide bonds. The molecule has 0 aliphatic carbocycles. The predicted octanol–water partition coefficient (Wildman–Crippen LogP) is 0.233. The zero-order chi connectivity index (χ0) is 8.85. The minimum atomic E-state index is -1.01. The Morgan fingerprint density at radius 1 is 1.55 bits per heavy atom. The molecule has 4 nitrogen and oxygen atoms in total. The Morgan fingerprint density at radius 2 is 2.09 bits per heavy atom. The van der Waals surface area contributed by atoms with Gasteiger partial charge < -0.3 is 10.4 Å². The van der Waals surface area contributed by atoms with E-state index in [2.05, 4.69) is 5.32 Å². The Balaban J connectivity index is 3.60. The summed E-state index contributed by atoms with van der Waals surface area (Å²) in [5.41, 5.74) is 0. The number of amides is 1. The highest BCUT2D eigenvalue weighted by molar-refractivity contribution is 5.82.